The van der Waals surface area contributed by atoms with E-state index in [9.17, 15) is 17.6 Å². The maximum Gasteiger partial charge on any atom is 0.447 e. The zero-order chi connectivity index (χ0) is 29.6. The second-order valence-corrected chi connectivity index (χ2v) is 11.2. The van der Waals surface area contributed by atoms with E-state index in [2.05, 4.69) is 54.3 Å². The average Bonchev–Trinajstić information content (AvgIpc) is 3.27. The van der Waals surface area contributed by atoms with Gasteiger partial charge in [-0.3, -0.25) is 0 Å². The molecule has 1 saturated heterocycles. The summed E-state index contributed by atoms with van der Waals surface area (Å²) in [6, 6.07) is 10.7. The third-order valence-electron chi connectivity index (χ3n) is 7.07. The highest BCUT2D eigenvalue weighted by molar-refractivity contribution is 8.00. The van der Waals surface area contributed by atoms with Crippen molar-refractivity contribution in [1.29, 1.82) is 0 Å². The molecule has 1 fully saturated rings. The minimum absolute atomic E-state index is 0.0134. The molecular formula is C31H37F4N5S. The highest BCUT2D eigenvalue weighted by Crippen LogP contribution is 2.40. The van der Waals surface area contributed by atoms with Crippen molar-refractivity contribution in [3.05, 3.63) is 65.9 Å². The maximum absolute atomic E-state index is 14.7. The number of halogens is 4. The number of pyridine rings is 1. The Morgan fingerprint density at radius 3 is 2.68 bits per heavy atom. The Morgan fingerprint density at radius 2 is 1.98 bits per heavy atom. The molecule has 0 saturated carbocycles. The molecule has 0 amide bonds. The van der Waals surface area contributed by atoms with E-state index in [1.807, 2.05) is 24.1 Å². The topological polar surface area (TPSA) is 43.7 Å². The van der Waals surface area contributed by atoms with Gasteiger partial charge in [0.1, 0.15) is 11.2 Å². The van der Waals surface area contributed by atoms with Gasteiger partial charge in [0.2, 0.25) is 0 Å². The van der Waals surface area contributed by atoms with Crippen LogP contribution < -0.4 is 16.0 Å². The first kappa shape index (κ1) is 30.7. The van der Waals surface area contributed by atoms with E-state index in [1.54, 1.807) is 24.4 Å². The number of aryl methyl sites for hydroxylation is 1. The Bertz CT molecular complexity index is 1420. The number of fused-ring (bicyclic) bond motifs is 1. The fraction of sp³-hybridized carbons (Fsp3) is 0.419. The Hall–Kier alpha value is -3.29. The van der Waals surface area contributed by atoms with E-state index in [0.29, 0.717) is 24.2 Å². The highest BCUT2D eigenvalue weighted by Gasteiger charge is 2.33. The summed E-state index contributed by atoms with van der Waals surface area (Å²) in [5.41, 5.74) is 0.811. The van der Waals surface area contributed by atoms with Crippen molar-refractivity contribution in [2.75, 3.05) is 43.9 Å². The van der Waals surface area contributed by atoms with Gasteiger partial charge in [0, 0.05) is 49.0 Å². The van der Waals surface area contributed by atoms with Crippen molar-refractivity contribution in [1.82, 2.24) is 14.6 Å². The molecule has 0 radical (unpaired) electrons. The van der Waals surface area contributed by atoms with Crippen LogP contribution in [0, 0.1) is 11.8 Å². The smallest absolute Gasteiger partial charge is 0.385 e. The van der Waals surface area contributed by atoms with E-state index in [1.165, 1.54) is 4.40 Å². The molecule has 4 rings (SSSR count). The fourth-order valence-electron chi connectivity index (χ4n) is 4.92. The number of nitrogens with one attached hydrogen (secondary N) is 3. The van der Waals surface area contributed by atoms with Gasteiger partial charge < -0.3 is 25.3 Å². The lowest BCUT2D eigenvalue weighted by Crippen LogP contribution is -2.46. The molecule has 5 nitrogen and oxygen atoms in total. The molecule has 3 heterocycles. The Morgan fingerprint density at radius 1 is 1.17 bits per heavy atom. The molecule has 2 atom stereocenters. The van der Waals surface area contributed by atoms with Crippen LogP contribution in [0.2, 0.25) is 0 Å². The summed E-state index contributed by atoms with van der Waals surface area (Å²) < 4.78 is 56.8. The molecule has 1 aliphatic rings. The van der Waals surface area contributed by atoms with Crippen LogP contribution in [0.15, 0.2) is 54.2 Å². The Kier molecular flexibility index (Phi) is 10.2. The van der Waals surface area contributed by atoms with Crippen molar-refractivity contribution in [2.45, 2.75) is 55.9 Å². The van der Waals surface area contributed by atoms with Gasteiger partial charge in [-0.1, -0.05) is 38.3 Å². The summed E-state index contributed by atoms with van der Waals surface area (Å²) in [7, 11) is 1.87. The molecule has 10 heteroatoms. The van der Waals surface area contributed by atoms with Gasteiger partial charge in [-0.15, -0.1) is 0 Å². The van der Waals surface area contributed by atoms with Crippen LogP contribution in [-0.2, 0) is 6.42 Å². The number of anilines is 2. The molecule has 220 valence electrons. The number of rotatable bonds is 10. The SMILES string of the molecule is C=C(NCCC)c1ccc(NCC#Cc2cc3c(NC4CCN(C)CC4F)cccn3c2SC(F)(F)F)c(CC)c1. The Labute approximate surface area is 243 Å². The van der Waals surface area contributed by atoms with Gasteiger partial charge >= 0.3 is 5.51 Å². The van der Waals surface area contributed by atoms with Crippen LogP contribution in [0.3, 0.4) is 0 Å². The Balaban J connectivity index is 1.56. The van der Waals surface area contributed by atoms with Gasteiger partial charge in [-0.05, 0) is 67.8 Å². The number of piperidine rings is 1. The van der Waals surface area contributed by atoms with Gasteiger partial charge in [0.25, 0.3) is 0 Å². The van der Waals surface area contributed by atoms with E-state index < -0.39 is 17.7 Å². The van der Waals surface area contributed by atoms with Crippen molar-refractivity contribution >= 4 is 34.4 Å². The van der Waals surface area contributed by atoms with Crippen LogP contribution in [0.4, 0.5) is 28.9 Å². The van der Waals surface area contributed by atoms with E-state index in [0.717, 1.165) is 48.4 Å². The van der Waals surface area contributed by atoms with Crippen LogP contribution in [0.1, 0.15) is 43.4 Å². The molecule has 2 unspecified atom stereocenters. The molecule has 3 aromatic rings. The number of thioether (sulfide) groups is 1. The molecule has 2 aromatic heterocycles. The second kappa shape index (κ2) is 13.6. The summed E-state index contributed by atoms with van der Waals surface area (Å²) in [5, 5.41) is 9.83. The zero-order valence-corrected chi connectivity index (χ0v) is 24.5. The van der Waals surface area contributed by atoms with Crippen molar-refractivity contribution in [3.8, 4) is 11.8 Å². The lowest BCUT2D eigenvalue weighted by molar-refractivity contribution is -0.0329. The van der Waals surface area contributed by atoms with Crippen LogP contribution in [0.5, 0.6) is 0 Å². The predicted molar refractivity (Wildman–Crippen MR) is 162 cm³/mol. The fourth-order valence-corrected chi connectivity index (χ4v) is 5.62. The first-order valence-corrected chi connectivity index (χ1v) is 14.7. The number of likely N-dealkylation sites (tertiary alicyclic amines) is 1. The van der Waals surface area contributed by atoms with Gasteiger partial charge in [0.05, 0.1) is 29.4 Å². The molecule has 1 aliphatic heterocycles. The van der Waals surface area contributed by atoms with E-state index in [-0.39, 0.29) is 28.9 Å². The zero-order valence-electron chi connectivity index (χ0n) is 23.7. The third-order valence-corrected chi connectivity index (χ3v) is 7.92. The summed E-state index contributed by atoms with van der Waals surface area (Å²) in [4.78, 5) is 1.93. The standard InChI is InChI=1S/C31H37F4N5S/c1-5-14-36-21(3)23-11-12-26(22(6-2)18-23)37-15-7-9-24-19-29-28(38-27-13-17-39(4)20-25(27)32)10-8-16-40(29)30(24)41-31(33,34)35/h8,10-12,16,18-19,25,27,36-38H,3,5-6,13-15,17,20H2,1-2,4H3. The van der Waals surface area contributed by atoms with Crippen molar-refractivity contribution in [3.63, 3.8) is 0 Å². The van der Waals surface area contributed by atoms with Crippen LogP contribution >= 0.6 is 11.8 Å². The number of alkyl halides is 4. The minimum Gasteiger partial charge on any atom is -0.385 e. The normalized spacial score (nSPS) is 17.6. The number of benzene rings is 1. The monoisotopic (exact) mass is 587 g/mol. The second-order valence-electron chi connectivity index (χ2n) is 10.2. The molecule has 0 spiro atoms. The number of hydrogen-bond donors (Lipinski definition) is 3. The number of aromatic nitrogens is 1. The molecular weight excluding hydrogens is 550 g/mol. The number of hydrogen-bond acceptors (Lipinski definition) is 5. The molecule has 0 bridgehead atoms. The van der Waals surface area contributed by atoms with Gasteiger partial charge in [0.15, 0.2) is 0 Å². The van der Waals surface area contributed by atoms with Gasteiger partial charge in [-0.2, -0.15) is 13.2 Å². The lowest BCUT2D eigenvalue weighted by Gasteiger charge is -2.33. The number of nitrogens with zero attached hydrogens (tertiary/aromatic N) is 2. The average molecular weight is 588 g/mol. The summed E-state index contributed by atoms with van der Waals surface area (Å²) >= 11 is -0.193. The van der Waals surface area contributed by atoms with E-state index >= 15 is 0 Å². The molecule has 0 aliphatic carbocycles. The predicted octanol–water partition coefficient (Wildman–Crippen LogP) is 7.00. The van der Waals surface area contributed by atoms with Crippen molar-refractivity contribution in [2.24, 2.45) is 0 Å². The lowest BCUT2D eigenvalue weighted by atomic mass is 10.0. The largest absolute Gasteiger partial charge is 0.447 e. The summed E-state index contributed by atoms with van der Waals surface area (Å²) in [5.74, 6) is 5.94. The first-order chi connectivity index (χ1) is 19.6. The summed E-state index contributed by atoms with van der Waals surface area (Å²) in [6.07, 6.45) is 2.91. The quantitative estimate of drug-likeness (QED) is 0.135. The molecule has 1 aromatic carbocycles. The van der Waals surface area contributed by atoms with Crippen LogP contribution in [0.25, 0.3) is 11.2 Å². The first-order valence-electron chi connectivity index (χ1n) is 13.9. The van der Waals surface area contributed by atoms with Crippen molar-refractivity contribution < 1.29 is 17.6 Å². The molecule has 3 N–H and O–H groups in total. The van der Waals surface area contributed by atoms with E-state index in [4.69, 9.17) is 0 Å². The maximum atomic E-state index is 14.7. The minimum atomic E-state index is -4.49. The molecule has 41 heavy (non-hydrogen) atoms. The summed E-state index contributed by atoms with van der Waals surface area (Å²) in [6.45, 7) is 10.4. The highest BCUT2D eigenvalue weighted by atomic mass is 32.2. The third kappa shape index (κ3) is 7.92. The van der Waals surface area contributed by atoms with Gasteiger partial charge in [-0.25, -0.2) is 4.39 Å². The van der Waals surface area contributed by atoms with Crippen LogP contribution in [-0.4, -0.2) is 60.2 Å².